The summed E-state index contributed by atoms with van der Waals surface area (Å²) in [6.07, 6.45) is 0.844. The van der Waals surface area contributed by atoms with Gasteiger partial charge in [-0.1, -0.05) is 69.0 Å². The highest BCUT2D eigenvalue weighted by atomic mass is 28.4. The van der Waals surface area contributed by atoms with Crippen LogP contribution in [0.2, 0.25) is 18.1 Å². The van der Waals surface area contributed by atoms with E-state index in [1.54, 1.807) is 6.07 Å². The second-order valence-corrected chi connectivity index (χ2v) is 12.5. The predicted octanol–water partition coefficient (Wildman–Crippen LogP) is 5.42. The third kappa shape index (κ3) is 4.91. The number of rotatable bonds is 4. The minimum absolute atomic E-state index is 0.177. The zero-order chi connectivity index (χ0) is 18.5. The summed E-state index contributed by atoms with van der Waals surface area (Å²) >= 11 is 0. The summed E-state index contributed by atoms with van der Waals surface area (Å²) in [4.78, 5) is 11.1. The van der Waals surface area contributed by atoms with Crippen molar-refractivity contribution in [2.24, 2.45) is 0 Å². The van der Waals surface area contributed by atoms with E-state index in [4.69, 9.17) is 4.43 Å². The van der Waals surface area contributed by atoms with Gasteiger partial charge in [-0.15, -0.1) is 0 Å². The number of carbonyl (C=O) groups excluding carboxylic acids is 1. The summed E-state index contributed by atoms with van der Waals surface area (Å²) in [5.41, 5.74) is 3.40. The topological polar surface area (TPSA) is 26.3 Å². The van der Waals surface area contributed by atoms with Gasteiger partial charge in [0.05, 0.1) is 6.61 Å². The molecule has 0 bridgehead atoms. The van der Waals surface area contributed by atoms with E-state index in [1.165, 1.54) is 0 Å². The summed E-state index contributed by atoms with van der Waals surface area (Å²) in [6, 6.07) is 15.4. The van der Waals surface area contributed by atoms with Gasteiger partial charge < -0.3 is 4.43 Å². The first-order chi connectivity index (χ1) is 11.7. The summed E-state index contributed by atoms with van der Waals surface area (Å²) in [6.45, 7) is 11.8. The molecule has 0 amide bonds. The molecule has 0 fully saturated rings. The third-order valence-corrected chi connectivity index (χ3v) is 9.31. The van der Waals surface area contributed by atoms with Gasteiger partial charge in [0, 0.05) is 16.7 Å². The molecule has 0 aromatic heterocycles. The molecule has 0 atom stereocenters. The number of benzene rings is 2. The lowest BCUT2D eigenvalue weighted by Crippen LogP contribution is -2.40. The molecular formula is C22H26O2Si. The van der Waals surface area contributed by atoms with Crippen LogP contribution in [0.4, 0.5) is 0 Å². The quantitative estimate of drug-likeness (QED) is 0.418. The number of hydrogen-bond donors (Lipinski definition) is 0. The molecule has 0 aliphatic rings. The van der Waals surface area contributed by atoms with Crippen molar-refractivity contribution in [1.29, 1.82) is 0 Å². The Hall–Kier alpha value is -2.15. The van der Waals surface area contributed by atoms with Crippen LogP contribution in [0, 0.1) is 11.8 Å². The van der Waals surface area contributed by atoms with Crippen LogP contribution in [0.25, 0.3) is 0 Å². The van der Waals surface area contributed by atoms with Crippen LogP contribution in [-0.2, 0) is 11.0 Å². The smallest absolute Gasteiger partial charge is 0.192 e. The Kier molecular flexibility index (Phi) is 6.00. The minimum Gasteiger partial charge on any atom is -0.413 e. The lowest BCUT2D eigenvalue weighted by Gasteiger charge is -2.36. The lowest BCUT2D eigenvalue weighted by molar-refractivity contribution is 0.112. The maximum atomic E-state index is 11.1. The van der Waals surface area contributed by atoms with E-state index in [1.807, 2.05) is 36.4 Å². The summed E-state index contributed by atoms with van der Waals surface area (Å²) in [5.74, 6) is 6.33. The SMILES string of the molecule is CC(C)(C)[Si](C)(C)OCc1ccccc1C#Cc1ccccc1C=O. The maximum absolute atomic E-state index is 11.1. The van der Waals surface area contributed by atoms with E-state index in [0.717, 1.165) is 23.0 Å². The van der Waals surface area contributed by atoms with Gasteiger partial charge in [0.2, 0.25) is 0 Å². The molecular weight excluding hydrogens is 324 g/mol. The first kappa shape index (κ1) is 19.2. The zero-order valence-corrected chi connectivity index (χ0v) is 16.7. The van der Waals surface area contributed by atoms with Gasteiger partial charge in [-0.2, -0.15) is 0 Å². The molecule has 3 heteroatoms. The zero-order valence-electron chi connectivity index (χ0n) is 15.7. The number of carbonyl (C=O) groups is 1. The Labute approximate surface area is 152 Å². The van der Waals surface area contributed by atoms with Gasteiger partial charge in [-0.3, -0.25) is 4.79 Å². The second kappa shape index (κ2) is 7.82. The first-order valence-corrected chi connectivity index (χ1v) is 11.4. The molecule has 0 aliphatic carbocycles. The highest BCUT2D eigenvalue weighted by Crippen LogP contribution is 2.37. The van der Waals surface area contributed by atoms with Crippen LogP contribution in [0.5, 0.6) is 0 Å². The monoisotopic (exact) mass is 350 g/mol. The molecule has 130 valence electrons. The fraction of sp³-hybridized carbons (Fsp3) is 0.318. The van der Waals surface area contributed by atoms with Gasteiger partial charge >= 0.3 is 0 Å². The largest absolute Gasteiger partial charge is 0.413 e. The summed E-state index contributed by atoms with van der Waals surface area (Å²) < 4.78 is 6.33. The lowest BCUT2D eigenvalue weighted by atomic mass is 10.1. The van der Waals surface area contributed by atoms with Crippen LogP contribution in [-0.4, -0.2) is 14.6 Å². The van der Waals surface area contributed by atoms with E-state index >= 15 is 0 Å². The summed E-state index contributed by atoms with van der Waals surface area (Å²) in [5, 5.41) is 0.177. The number of hydrogen-bond acceptors (Lipinski definition) is 2. The van der Waals surface area contributed by atoms with Crippen LogP contribution in [0.15, 0.2) is 48.5 Å². The molecule has 0 saturated heterocycles. The molecule has 2 nitrogen and oxygen atoms in total. The molecule has 2 aromatic rings. The molecule has 2 rings (SSSR count). The highest BCUT2D eigenvalue weighted by Gasteiger charge is 2.37. The Morgan fingerprint density at radius 2 is 1.52 bits per heavy atom. The van der Waals surface area contributed by atoms with Crippen molar-refractivity contribution in [2.45, 2.75) is 45.5 Å². The van der Waals surface area contributed by atoms with Crippen molar-refractivity contribution in [3.63, 3.8) is 0 Å². The highest BCUT2D eigenvalue weighted by molar-refractivity contribution is 6.74. The Balaban J connectivity index is 2.25. The van der Waals surface area contributed by atoms with E-state index in [9.17, 15) is 4.79 Å². The molecule has 0 unspecified atom stereocenters. The van der Waals surface area contributed by atoms with Crippen LogP contribution < -0.4 is 0 Å². The third-order valence-electron chi connectivity index (χ3n) is 4.83. The van der Waals surface area contributed by atoms with E-state index < -0.39 is 8.32 Å². The average Bonchev–Trinajstić information content (AvgIpc) is 2.58. The summed E-state index contributed by atoms with van der Waals surface area (Å²) in [7, 11) is -1.81. The molecule has 0 saturated carbocycles. The minimum atomic E-state index is -1.81. The van der Waals surface area contributed by atoms with Crippen molar-refractivity contribution in [3.8, 4) is 11.8 Å². The Morgan fingerprint density at radius 1 is 0.960 bits per heavy atom. The van der Waals surface area contributed by atoms with E-state index in [0.29, 0.717) is 12.2 Å². The van der Waals surface area contributed by atoms with Gasteiger partial charge in [0.15, 0.2) is 14.6 Å². The average molecular weight is 351 g/mol. The molecule has 0 aliphatic heterocycles. The Bertz CT molecular complexity index is 805. The maximum Gasteiger partial charge on any atom is 0.192 e. The van der Waals surface area contributed by atoms with Crippen molar-refractivity contribution in [2.75, 3.05) is 0 Å². The normalized spacial score (nSPS) is 11.6. The standard InChI is InChI=1S/C22H26O2Si/c1-22(2,3)25(4,5)24-17-21-13-9-7-11-19(21)15-14-18-10-6-8-12-20(18)16-23/h6-13,16H,17H2,1-5H3. The molecule has 0 N–H and O–H groups in total. The van der Waals surface area contributed by atoms with Gasteiger partial charge in [0.1, 0.15) is 0 Å². The van der Waals surface area contributed by atoms with Crippen LogP contribution in [0.3, 0.4) is 0 Å². The molecule has 2 aromatic carbocycles. The Morgan fingerprint density at radius 3 is 2.16 bits per heavy atom. The molecule has 0 spiro atoms. The number of aldehydes is 1. The molecule has 0 heterocycles. The van der Waals surface area contributed by atoms with Crippen molar-refractivity contribution < 1.29 is 9.22 Å². The fourth-order valence-electron chi connectivity index (χ4n) is 2.09. The van der Waals surface area contributed by atoms with Gasteiger partial charge in [0.25, 0.3) is 0 Å². The van der Waals surface area contributed by atoms with Gasteiger partial charge in [-0.05, 0) is 35.8 Å². The van der Waals surface area contributed by atoms with E-state index in [2.05, 4.69) is 51.8 Å². The molecule has 0 radical (unpaired) electrons. The van der Waals surface area contributed by atoms with Gasteiger partial charge in [-0.25, -0.2) is 0 Å². The second-order valence-electron chi connectivity index (χ2n) is 7.66. The van der Waals surface area contributed by atoms with Crippen molar-refractivity contribution >= 4 is 14.6 Å². The first-order valence-electron chi connectivity index (χ1n) is 8.53. The van der Waals surface area contributed by atoms with Crippen LogP contribution >= 0.6 is 0 Å². The predicted molar refractivity (Wildman–Crippen MR) is 106 cm³/mol. The molecule has 25 heavy (non-hydrogen) atoms. The fourth-order valence-corrected chi connectivity index (χ4v) is 3.04. The van der Waals surface area contributed by atoms with Crippen molar-refractivity contribution in [3.05, 3.63) is 70.8 Å². The van der Waals surface area contributed by atoms with Crippen molar-refractivity contribution in [1.82, 2.24) is 0 Å². The van der Waals surface area contributed by atoms with E-state index in [-0.39, 0.29) is 5.04 Å². The van der Waals surface area contributed by atoms with Crippen LogP contribution in [0.1, 0.15) is 47.8 Å².